The Labute approximate surface area is 100 Å². The summed E-state index contributed by atoms with van der Waals surface area (Å²) >= 11 is 0. The minimum atomic E-state index is 0.641. The third-order valence-corrected chi connectivity index (χ3v) is 2.31. The average molecular weight is 232 g/mol. The first-order chi connectivity index (χ1) is 8.31. The van der Waals surface area contributed by atoms with Crippen LogP contribution in [0.3, 0.4) is 0 Å². The lowest BCUT2D eigenvalue weighted by Crippen LogP contribution is -2.03. The Kier molecular flexibility index (Phi) is 3.59. The molecule has 0 bridgehead atoms. The highest BCUT2D eigenvalue weighted by molar-refractivity contribution is 5.34. The van der Waals surface area contributed by atoms with Crippen LogP contribution in [0.15, 0.2) is 30.6 Å². The Balaban J connectivity index is 2.08. The highest BCUT2D eigenvalue weighted by Crippen LogP contribution is 2.10. The number of rotatable bonds is 5. The van der Waals surface area contributed by atoms with Gasteiger partial charge < -0.3 is 10.1 Å². The monoisotopic (exact) mass is 232 g/mol. The standard InChI is InChI=1S/C12H16N4O/c1-3-17-11-7-14-16(9-11)8-10-5-4-6-12(13-2)15-10/h4-7,9H,3,8H2,1-2H3,(H,13,15). The minimum absolute atomic E-state index is 0.641. The number of ether oxygens (including phenoxy) is 1. The van der Waals surface area contributed by atoms with Crippen LogP contribution in [0.4, 0.5) is 5.82 Å². The summed E-state index contributed by atoms with van der Waals surface area (Å²) < 4.78 is 7.17. The van der Waals surface area contributed by atoms with Crippen LogP contribution >= 0.6 is 0 Å². The van der Waals surface area contributed by atoms with Crippen LogP contribution in [0, 0.1) is 0 Å². The fourth-order valence-electron chi connectivity index (χ4n) is 1.55. The van der Waals surface area contributed by atoms with Crippen molar-refractivity contribution in [1.82, 2.24) is 14.8 Å². The van der Waals surface area contributed by atoms with Gasteiger partial charge in [0.15, 0.2) is 5.75 Å². The summed E-state index contributed by atoms with van der Waals surface area (Å²) in [5, 5.41) is 7.23. The van der Waals surface area contributed by atoms with Gasteiger partial charge in [-0.3, -0.25) is 4.68 Å². The molecule has 0 radical (unpaired) electrons. The van der Waals surface area contributed by atoms with E-state index in [0.717, 1.165) is 17.3 Å². The molecule has 2 rings (SSSR count). The zero-order valence-corrected chi connectivity index (χ0v) is 10.1. The third-order valence-electron chi connectivity index (χ3n) is 2.31. The van der Waals surface area contributed by atoms with Gasteiger partial charge in [-0.05, 0) is 19.1 Å². The van der Waals surface area contributed by atoms with E-state index in [1.54, 1.807) is 6.20 Å². The predicted octanol–water partition coefficient (Wildman–Crippen LogP) is 1.77. The van der Waals surface area contributed by atoms with E-state index in [1.165, 1.54) is 0 Å². The Hall–Kier alpha value is -2.04. The molecule has 2 aromatic rings. The van der Waals surface area contributed by atoms with Gasteiger partial charge in [-0.25, -0.2) is 4.98 Å². The van der Waals surface area contributed by atoms with Crippen molar-refractivity contribution in [3.05, 3.63) is 36.3 Å². The largest absolute Gasteiger partial charge is 0.491 e. The summed E-state index contributed by atoms with van der Waals surface area (Å²) in [6.07, 6.45) is 3.59. The molecule has 2 heterocycles. The molecule has 0 unspecified atom stereocenters. The van der Waals surface area contributed by atoms with Gasteiger partial charge in [0, 0.05) is 7.05 Å². The van der Waals surface area contributed by atoms with Crippen LogP contribution in [0.25, 0.3) is 0 Å². The SMILES string of the molecule is CCOc1cnn(Cc2cccc(NC)n2)c1. The Bertz CT molecular complexity index is 481. The average Bonchev–Trinajstić information content (AvgIpc) is 2.77. The van der Waals surface area contributed by atoms with E-state index in [9.17, 15) is 0 Å². The van der Waals surface area contributed by atoms with Gasteiger partial charge >= 0.3 is 0 Å². The number of pyridine rings is 1. The summed E-state index contributed by atoms with van der Waals surface area (Å²) in [6.45, 7) is 3.25. The van der Waals surface area contributed by atoms with Gasteiger partial charge in [0.1, 0.15) is 5.82 Å². The molecule has 0 amide bonds. The molecule has 0 saturated carbocycles. The molecule has 90 valence electrons. The van der Waals surface area contributed by atoms with E-state index in [2.05, 4.69) is 15.4 Å². The molecular formula is C12H16N4O. The van der Waals surface area contributed by atoms with Crippen LogP contribution in [0.1, 0.15) is 12.6 Å². The lowest BCUT2D eigenvalue weighted by Gasteiger charge is -2.03. The van der Waals surface area contributed by atoms with E-state index >= 15 is 0 Å². The van der Waals surface area contributed by atoms with Gasteiger partial charge in [0.05, 0.1) is 31.2 Å². The first-order valence-corrected chi connectivity index (χ1v) is 5.60. The van der Waals surface area contributed by atoms with Crippen molar-refractivity contribution in [2.45, 2.75) is 13.5 Å². The smallest absolute Gasteiger partial charge is 0.157 e. The number of anilines is 1. The second kappa shape index (κ2) is 5.34. The first kappa shape index (κ1) is 11.4. The molecule has 0 saturated heterocycles. The lowest BCUT2D eigenvalue weighted by atomic mass is 10.3. The molecule has 0 spiro atoms. The molecule has 17 heavy (non-hydrogen) atoms. The Morgan fingerprint density at radius 3 is 3.06 bits per heavy atom. The summed E-state index contributed by atoms with van der Waals surface area (Å²) in [5.41, 5.74) is 0.961. The second-order valence-electron chi connectivity index (χ2n) is 3.57. The minimum Gasteiger partial charge on any atom is -0.491 e. The maximum absolute atomic E-state index is 5.35. The van der Waals surface area contributed by atoms with Crippen molar-refractivity contribution in [1.29, 1.82) is 0 Å². The summed E-state index contributed by atoms with van der Waals surface area (Å²) in [5.74, 6) is 1.65. The summed E-state index contributed by atoms with van der Waals surface area (Å²) in [6, 6.07) is 5.88. The Morgan fingerprint density at radius 2 is 2.29 bits per heavy atom. The first-order valence-electron chi connectivity index (χ1n) is 5.60. The van der Waals surface area contributed by atoms with Crippen LogP contribution in [-0.4, -0.2) is 28.4 Å². The second-order valence-corrected chi connectivity index (χ2v) is 3.57. The van der Waals surface area contributed by atoms with Gasteiger partial charge in [0.25, 0.3) is 0 Å². The molecule has 0 aliphatic carbocycles. The molecule has 5 nitrogen and oxygen atoms in total. The van der Waals surface area contributed by atoms with Crippen molar-refractivity contribution in [3.8, 4) is 5.75 Å². The lowest BCUT2D eigenvalue weighted by molar-refractivity contribution is 0.340. The van der Waals surface area contributed by atoms with Crippen molar-refractivity contribution < 1.29 is 4.74 Å². The molecule has 0 fully saturated rings. The molecule has 5 heteroatoms. The number of aromatic nitrogens is 3. The number of hydrogen-bond acceptors (Lipinski definition) is 4. The normalized spacial score (nSPS) is 10.2. The van der Waals surface area contributed by atoms with Crippen LogP contribution < -0.4 is 10.1 Å². The van der Waals surface area contributed by atoms with E-state index in [4.69, 9.17) is 4.74 Å². The van der Waals surface area contributed by atoms with E-state index in [-0.39, 0.29) is 0 Å². The number of nitrogens with zero attached hydrogens (tertiary/aromatic N) is 3. The van der Waals surface area contributed by atoms with Gasteiger partial charge in [-0.15, -0.1) is 0 Å². The maximum Gasteiger partial charge on any atom is 0.157 e. The molecule has 0 aromatic carbocycles. The number of hydrogen-bond donors (Lipinski definition) is 1. The third kappa shape index (κ3) is 2.96. The topological polar surface area (TPSA) is 52.0 Å². The predicted molar refractivity (Wildman–Crippen MR) is 66.3 cm³/mol. The van der Waals surface area contributed by atoms with E-state index in [0.29, 0.717) is 13.2 Å². The molecule has 2 aromatic heterocycles. The maximum atomic E-state index is 5.35. The fraction of sp³-hybridized carbons (Fsp3) is 0.333. The van der Waals surface area contributed by atoms with Gasteiger partial charge in [0.2, 0.25) is 0 Å². The molecular weight excluding hydrogens is 216 g/mol. The summed E-state index contributed by atoms with van der Waals surface area (Å²) in [4.78, 5) is 4.43. The van der Waals surface area contributed by atoms with Gasteiger partial charge in [-0.2, -0.15) is 5.10 Å². The molecule has 1 N–H and O–H groups in total. The molecule has 0 aliphatic heterocycles. The van der Waals surface area contributed by atoms with Crippen LogP contribution in [0.2, 0.25) is 0 Å². The van der Waals surface area contributed by atoms with Crippen molar-refractivity contribution in [2.75, 3.05) is 19.0 Å². The van der Waals surface area contributed by atoms with E-state index < -0.39 is 0 Å². The number of nitrogens with one attached hydrogen (secondary N) is 1. The van der Waals surface area contributed by atoms with Gasteiger partial charge in [-0.1, -0.05) is 6.07 Å². The zero-order valence-electron chi connectivity index (χ0n) is 10.1. The van der Waals surface area contributed by atoms with Crippen LogP contribution in [-0.2, 0) is 6.54 Å². The Morgan fingerprint density at radius 1 is 1.41 bits per heavy atom. The fourth-order valence-corrected chi connectivity index (χ4v) is 1.55. The van der Waals surface area contributed by atoms with Crippen molar-refractivity contribution >= 4 is 5.82 Å². The molecule has 0 aliphatic rings. The summed E-state index contributed by atoms with van der Waals surface area (Å²) in [7, 11) is 1.85. The molecule has 0 atom stereocenters. The van der Waals surface area contributed by atoms with E-state index in [1.807, 2.05) is 43.0 Å². The van der Waals surface area contributed by atoms with Crippen molar-refractivity contribution in [3.63, 3.8) is 0 Å². The van der Waals surface area contributed by atoms with Crippen molar-refractivity contribution in [2.24, 2.45) is 0 Å². The zero-order chi connectivity index (χ0) is 12.1. The quantitative estimate of drug-likeness (QED) is 0.853. The highest BCUT2D eigenvalue weighted by atomic mass is 16.5. The van der Waals surface area contributed by atoms with Crippen LogP contribution in [0.5, 0.6) is 5.75 Å². The highest BCUT2D eigenvalue weighted by Gasteiger charge is 2.01.